The maximum atomic E-state index is 11.2. The summed E-state index contributed by atoms with van der Waals surface area (Å²) in [5.41, 5.74) is -0.923. The molecule has 0 amide bonds. The van der Waals surface area contributed by atoms with E-state index in [0.29, 0.717) is 0 Å². The van der Waals surface area contributed by atoms with Crippen LogP contribution in [0.2, 0.25) is 0 Å². The van der Waals surface area contributed by atoms with Gasteiger partial charge >= 0.3 is 98.9 Å². The molecule has 0 fully saturated rings. The number of hydrogen-bond donors (Lipinski definition) is 1. The van der Waals surface area contributed by atoms with Gasteiger partial charge in [0.2, 0.25) is 0 Å². The van der Waals surface area contributed by atoms with Crippen LogP contribution in [0.4, 0.5) is 5.69 Å². The number of nitro benzene ring substituents is 1. The van der Waals surface area contributed by atoms with Crippen molar-refractivity contribution in [3.05, 3.63) is 39.4 Å². The molecule has 0 saturated carbocycles. The average Bonchev–Trinajstić information content (AvgIpc) is 2.27. The van der Waals surface area contributed by atoms with Crippen molar-refractivity contribution in [1.29, 1.82) is 0 Å². The van der Waals surface area contributed by atoms with Crippen LogP contribution in [0.1, 0.15) is 20.7 Å². The van der Waals surface area contributed by atoms with E-state index in [0.717, 1.165) is 18.2 Å². The molecule has 1 aromatic carbocycles. The summed E-state index contributed by atoms with van der Waals surface area (Å²) < 4.78 is 4.48. The van der Waals surface area contributed by atoms with Gasteiger partial charge in [0.25, 0.3) is 0 Å². The van der Waals surface area contributed by atoms with E-state index in [-0.39, 0.29) is 29.8 Å². The summed E-state index contributed by atoms with van der Waals surface area (Å²) in [6.45, 7) is 0. The first-order chi connectivity index (χ1) is 7.45. The third-order valence-electron chi connectivity index (χ3n) is 1.74. The monoisotopic (exact) mass is 274 g/mol. The second-order valence-corrected chi connectivity index (χ2v) is 3.37. The van der Waals surface area contributed by atoms with E-state index in [9.17, 15) is 19.7 Å². The fourth-order valence-corrected chi connectivity index (χ4v) is 1.39. The molecule has 7 nitrogen and oxygen atoms in total. The standard InChI is InChI=1S/C8H5NO6.Zn/c10-7(11)4-1-5(8(12)13)3-6(2-4)9(14)15;/h1-3H,(H,10,11)(H,12,13);/q;+1/p-1. The molecule has 0 aliphatic carbocycles. The van der Waals surface area contributed by atoms with Gasteiger partial charge < -0.3 is 0 Å². The minimum absolute atomic E-state index is 0.141. The molecular weight excluding hydrogens is 271 g/mol. The number of carbonyl (C=O) groups is 2. The van der Waals surface area contributed by atoms with Crippen LogP contribution in [0.15, 0.2) is 18.2 Å². The first-order valence-corrected chi connectivity index (χ1v) is 5.16. The number of nitrogens with zero attached hydrogens (tertiary/aromatic N) is 1. The third kappa shape index (κ3) is 2.61. The molecule has 79 valence electrons. The van der Waals surface area contributed by atoms with Crippen LogP contribution in [-0.4, -0.2) is 22.0 Å². The molecule has 0 aliphatic heterocycles. The van der Waals surface area contributed by atoms with Crippen LogP contribution >= 0.6 is 0 Å². The zero-order chi connectivity index (χ0) is 12.3. The van der Waals surface area contributed by atoms with E-state index in [1.165, 1.54) is 0 Å². The number of rotatable bonds is 3. The summed E-state index contributed by atoms with van der Waals surface area (Å²) >= 11 is 0.226. The molecular formula is C8H4NO6Zn. The molecule has 1 N–H and O–H groups in total. The van der Waals surface area contributed by atoms with E-state index in [1.54, 1.807) is 0 Å². The molecule has 0 saturated heterocycles. The van der Waals surface area contributed by atoms with Gasteiger partial charge in [0.1, 0.15) is 0 Å². The number of benzene rings is 1. The Kier molecular flexibility index (Phi) is 3.68. The van der Waals surface area contributed by atoms with Crippen molar-refractivity contribution in [3.63, 3.8) is 0 Å². The van der Waals surface area contributed by atoms with E-state index in [4.69, 9.17) is 5.11 Å². The van der Waals surface area contributed by atoms with Crippen LogP contribution in [0.3, 0.4) is 0 Å². The molecule has 0 atom stereocenters. The van der Waals surface area contributed by atoms with E-state index >= 15 is 0 Å². The van der Waals surface area contributed by atoms with Gasteiger partial charge in [-0.25, -0.2) is 0 Å². The molecule has 8 heteroatoms. The minimum atomic E-state index is -1.34. The van der Waals surface area contributed by atoms with E-state index in [2.05, 4.69) is 3.56 Å². The van der Waals surface area contributed by atoms with E-state index in [1.807, 2.05) is 0 Å². The Morgan fingerprint density at radius 2 is 1.88 bits per heavy atom. The number of nitro groups is 1. The number of carboxylic acids is 1. The normalized spacial score (nSPS) is 9.62. The predicted octanol–water partition coefficient (Wildman–Crippen LogP) is 0.912. The Hall–Kier alpha value is -1.82. The summed E-state index contributed by atoms with van der Waals surface area (Å²) in [5.74, 6) is -2.11. The number of aromatic carboxylic acids is 1. The van der Waals surface area contributed by atoms with Crippen LogP contribution in [0.5, 0.6) is 0 Å². The van der Waals surface area contributed by atoms with Gasteiger partial charge in [0, 0.05) is 0 Å². The summed E-state index contributed by atoms with van der Waals surface area (Å²) in [6.07, 6.45) is 0. The molecule has 16 heavy (non-hydrogen) atoms. The van der Waals surface area contributed by atoms with Crippen molar-refractivity contribution in [1.82, 2.24) is 0 Å². The Balaban J connectivity index is 3.35. The second-order valence-electron chi connectivity index (χ2n) is 2.76. The van der Waals surface area contributed by atoms with Crippen LogP contribution in [0.25, 0.3) is 0 Å². The Morgan fingerprint density at radius 3 is 2.31 bits per heavy atom. The SMILES string of the molecule is O=C(O)c1cc(C(=O)[O][Zn])cc([N+](=O)[O-])c1. The van der Waals surface area contributed by atoms with Crippen molar-refractivity contribution in [2.45, 2.75) is 0 Å². The predicted molar refractivity (Wildman–Crippen MR) is 45.5 cm³/mol. The van der Waals surface area contributed by atoms with Crippen LogP contribution in [-0.2, 0) is 22.2 Å². The fraction of sp³-hybridized carbons (Fsp3) is 0. The van der Waals surface area contributed by atoms with Gasteiger partial charge in [-0.3, -0.25) is 0 Å². The van der Waals surface area contributed by atoms with Gasteiger partial charge in [0.05, 0.1) is 0 Å². The van der Waals surface area contributed by atoms with Gasteiger partial charge in [-0.1, -0.05) is 0 Å². The first kappa shape index (κ1) is 12.3. The van der Waals surface area contributed by atoms with Crippen molar-refractivity contribution in [2.24, 2.45) is 0 Å². The van der Waals surface area contributed by atoms with Crippen LogP contribution in [0, 0.1) is 10.1 Å². The summed E-state index contributed by atoms with van der Waals surface area (Å²) in [7, 11) is 0. The average molecular weight is 276 g/mol. The topological polar surface area (TPSA) is 107 Å². The molecule has 0 aromatic heterocycles. The van der Waals surface area contributed by atoms with E-state index < -0.39 is 22.5 Å². The van der Waals surface area contributed by atoms with Crippen molar-refractivity contribution in [3.8, 4) is 0 Å². The Labute approximate surface area is 99.3 Å². The molecule has 0 heterocycles. The first-order valence-electron chi connectivity index (χ1n) is 3.95. The molecule has 0 aliphatic rings. The second kappa shape index (κ2) is 4.80. The van der Waals surface area contributed by atoms with Crippen molar-refractivity contribution < 1.29 is 41.8 Å². The van der Waals surface area contributed by atoms with Crippen LogP contribution < -0.4 is 0 Å². The quantitative estimate of drug-likeness (QED) is 0.499. The van der Waals surface area contributed by atoms with Crippen molar-refractivity contribution >= 4 is 17.6 Å². The third-order valence-corrected chi connectivity index (χ3v) is 2.29. The van der Waals surface area contributed by atoms with Gasteiger partial charge in [0.15, 0.2) is 0 Å². The van der Waals surface area contributed by atoms with Gasteiger partial charge in [-0.2, -0.15) is 0 Å². The molecule has 1 aromatic rings. The van der Waals surface area contributed by atoms with Crippen molar-refractivity contribution in [2.75, 3.05) is 0 Å². The zero-order valence-corrected chi connectivity index (χ0v) is 10.8. The number of non-ortho nitro benzene ring substituents is 1. The summed E-state index contributed by atoms with van der Waals surface area (Å²) in [4.78, 5) is 31.6. The summed E-state index contributed by atoms with van der Waals surface area (Å²) in [5, 5.41) is 19.2. The Bertz CT molecular complexity index is 439. The number of carbonyl (C=O) groups excluding carboxylic acids is 1. The van der Waals surface area contributed by atoms with Gasteiger partial charge in [-0.15, -0.1) is 0 Å². The molecule has 1 rings (SSSR count). The Morgan fingerprint density at radius 1 is 1.31 bits per heavy atom. The summed E-state index contributed by atoms with van der Waals surface area (Å²) in [6, 6.07) is 2.89. The molecule has 0 spiro atoms. The molecule has 0 radical (unpaired) electrons. The zero-order valence-electron chi connectivity index (χ0n) is 7.87. The number of carboxylic acid groups (broad SMARTS) is 1. The fourth-order valence-electron chi connectivity index (χ4n) is 1.04. The molecule has 0 bridgehead atoms. The number of hydrogen-bond acceptors (Lipinski definition) is 5. The maximum absolute atomic E-state index is 11.2. The van der Waals surface area contributed by atoms with Gasteiger partial charge in [-0.05, 0) is 0 Å². The molecule has 0 unspecified atom stereocenters.